The molecule has 8 heteroatoms. The number of para-hydroxylation sites is 1. The molecule has 0 unspecified atom stereocenters. The fourth-order valence-corrected chi connectivity index (χ4v) is 5.25. The van der Waals surface area contributed by atoms with Crippen LogP contribution < -0.4 is 5.56 Å². The van der Waals surface area contributed by atoms with Gasteiger partial charge in [0.15, 0.2) is 5.16 Å². The van der Waals surface area contributed by atoms with Gasteiger partial charge in [-0.15, -0.1) is 0 Å². The number of nitrogens with zero attached hydrogens (tertiary/aromatic N) is 3. The lowest BCUT2D eigenvalue weighted by atomic mass is 10.2. The monoisotopic (exact) mass is 475 g/mol. The topological polar surface area (TPSA) is 55.2 Å². The molecule has 1 amide bonds. The van der Waals surface area contributed by atoms with Crippen molar-refractivity contribution in [3.05, 3.63) is 62.9 Å². The minimum absolute atomic E-state index is 0.165. The summed E-state index contributed by atoms with van der Waals surface area (Å²) in [5.74, 6) is 1.000. The Balaban J connectivity index is 1.53. The Hall–Kier alpha value is -2.02. The van der Waals surface area contributed by atoms with Crippen LogP contribution in [0.1, 0.15) is 32.1 Å². The number of rotatable bonds is 7. The molecule has 4 rings (SSSR count). The van der Waals surface area contributed by atoms with E-state index in [2.05, 4.69) is 0 Å². The van der Waals surface area contributed by atoms with Crippen molar-refractivity contribution >= 4 is 51.8 Å². The molecule has 1 aliphatic heterocycles. The van der Waals surface area contributed by atoms with Crippen LogP contribution in [0.5, 0.6) is 0 Å². The summed E-state index contributed by atoms with van der Waals surface area (Å²) in [7, 11) is 0. The molecule has 1 fully saturated rings. The zero-order chi connectivity index (χ0) is 21.8. The van der Waals surface area contributed by atoms with Crippen molar-refractivity contribution in [3.8, 4) is 5.69 Å². The minimum Gasteiger partial charge on any atom is -0.343 e. The molecule has 0 bridgehead atoms. The maximum Gasteiger partial charge on any atom is 0.266 e. The molecule has 1 aromatic heterocycles. The second-order valence-electron chi connectivity index (χ2n) is 7.54. The molecule has 2 aromatic carbocycles. The first-order valence-corrected chi connectivity index (χ1v) is 12.2. The van der Waals surface area contributed by atoms with Crippen molar-refractivity contribution in [2.45, 2.75) is 37.3 Å². The van der Waals surface area contributed by atoms with Crippen molar-refractivity contribution < 1.29 is 4.79 Å². The van der Waals surface area contributed by atoms with Crippen LogP contribution in [0.4, 0.5) is 0 Å². The molecule has 162 valence electrons. The second-order valence-corrected chi connectivity index (χ2v) is 9.45. The van der Waals surface area contributed by atoms with E-state index in [0.29, 0.717) is 38.2 Å². The summed E-state index contributed by atoms with van der Waals surface area (Å²) in [5.41, 5.74) is 1.04. The number of carbonyl (C=O) groups excluding carboxylic acids is 1. The van der Waals surface area contributed by atoms with Gasteiger partial charge in [-0.2, -0.15) is 0 Å². The fraction of sp³-hybridized carbons (Fsp3) is 0.348. The Labute approximate surface area is 195 Å². The molecular weight excluding hydrogens is 453 g/mol. The smallest absolute Gasteiger partial charge is 0.266 e. The second kappa shape index (κ2) is 10.1. The molecule has 0 radical (unpaired) electrons. The third-order valence-electron chi connectivity index (χ3n) is 5.37. The van der Waals surface area contributed by atoms with E-state index in [4.69, 9.17) is 28.2 Å². The summed E-state index contributed by atoms with van der Waals surface area (Å²) in [4.78, 5) is 32.2. The predicted molar refractivity (Wildman–Crippen MR) is 128 cm³/mol. The first-order valence-electron chi connectivity index (χ1n) is 10.4. The number of amides is 1. The van der Waals surface area contributed by atoms with Crippen LogP contribution >= 0.6 is 35.0 Å². The van der Waals surface area contributed by atoms with Crippen LogP contribution in [0.15, 0.2) is 52.4 Å². The Bertz CT molecular complexity index is 1160. The van der Waals surface area contributed by atoms with Gasteiger partial charge in [-0.1, -0.05) is 47.1 Å². The van der Waals surface area contributed by atoms with E-state index in [1.54, 1.807) is 28.8 Å². The third-order valence-corrected chi connectivity index (χ3v) is 6.93. The van der Waals surface area contributed by atoms with Gasteiger partial charge in [0.05, 0.1) is 21.6 Å². The first-order chi connectivity index (χ1) is 15.0. The Morgan fingerprint density at radius 3 is 2.61 bits per heavy atom. The van der Waals surface area contributed by atoms with Crippen LogP contribution in [-0.2, 0) is 4.79 Å². The average molecular weight is 476 g/mol. The van der Waals surface area contributed by atoms with Crippen LogP contribution in [0.2, 0.25) is 10.0 Å². The van der Waals surface area contributed by atoms with Gasteiger partial charge in [-0.25, -0.2) is 4.98 Å². The highest BCUT2D eigenvalue weighted by atomic mass is 35.5. The van der Waals surface area contributed by atoms with E-state index in [-0.39, 0.29) is 11.5 Å². The summed E-state index contributed by atoms with van der Waals surface area (Å²) >= 11 is 14.0. The summed E-state index contributed by atoms with van der Waals surface area (Å²) in [6.45, 7) is 1.78. The van der Waals surface area contributed by atoms with E-state index in [1.165, 1.54) is 11.8 Å². The highest BCUT2D eigenvalue weighted by molar-refractivity contribution is 7.99. The van der Waals surface area contributed by atoms with Crippen molar-refractivity contribution in [2.75, 3.05) is 18.8 Å². The summed E-state index contributed by atoms with van der Waals surface area (Å²) in [6.07, 6.45) is 4.48. The number of likely N-dealkylation sites (tertiary alicyclic amines) is 1. The number of hydrogen-bond acceptors (Lipinski definition) is 4. The highest BCUT2D eigenvalue weighted by Crippen LogP contribution is 2.28. The Morgan fingerprint density at radius 1 is 1.06 bits per heavy atom. The number of benzene rings is 2. The Morgan fingerprint density at radius 2 is 1.84 bits per heavy atom. The molecule has 0 atom stereocenters. The van der Waals surface area contributed by atoms with Gasteiger partial charge in [0.2, 0.25) is 5.91 Å². The maximum absolute atomic E-state index is 13.3. The standard InChI is InChI=1S/C23H23Cl2N3O2S/c24-16-10-11-20(18(25)15-16)28-22(30)17-7-1-2-8-19(17)26-23(28)31-14-6-3-9-21(29)27-12-4-5-13-27/h1-2,7-8,10-11,15H,3-6,9,12-14H2. The molecule has 3 aromatic rings. The highest BCUT2D eigenvalue weighted by Gasteiger charge is 2.18. The molecular formula is C23H23Cl2N3O2S. The molecule has 2 heterocycles. The van der Waals surface area contributed by atoms with Crippen LogP contribution in [0.3, 0.4) is 0 Å². The van der Waals surface area contributed by atoms with Crippen molar-refractivity contribution in [1.29, 1.82) is 0 Å². The summed E-state index contributed by atoms with van der Waals surface area (Å²) < 4.78 is 1.56. The van der Waals surface area contributed by atoms with Crippen LogP contribution in [-0.4, -0.2) is 39.2 Å². The molecule has 1 aliphatic rings. The molecule has 0 saturated carbocycles. The number of unbranched alkanes of at least 4 members (excludes halogenated alkanes) is 1. The van der Waals surface area contributed by atoms with Crippen molar-refractivity contribution in [1.82, 2.24) is 14.5 Å². The number of thioether (sulfide) groups is 1. The summed E-state index contributed by atoms with van der Waals surface area (Å²) in [5, 5.41) is 2.02. The maximum atomic E-state index is 13.3. The fourth-order valence-electron chi connectivity index (χ4n) is 3.75. The molecule has 0 N–H and O–H groups in total. The third kappa shape index (κ3) is 5.08. The predicted octanol–water partition coefficient (Wildman–Crippen LogP) is 5.58. The van der Waals surface area contributed by atoms with E-state index < -0.39 is 0 Å². The number of carbonyl (C=O) groups is 1. The molecule has 5 nitrogen and oxygen atoms in total. The zero-order valence-electron chi connectivity index (χ0n) is 17.0. The van der Waals surface area contributed by atoms with Crippen LogP contribution in [0, 0.1) is 0 Å². The minimum atomic E-state index is -0.165. The van der Waals surface area contributed by atoms with E-state index in [1.807, 2.05) is 23.1 Å². The van der Waals surface area contributed by atoms with Crippen molar-refractivity contribution in [3.63, 3.8) is 0 Å². The quantitative estimate of drug-likeness (QED) is 0.254. The van der Waals surface area contributed by atoms with Gasteiger partial charge in [-0.05, 0) is 56.0 Å². The lowest BCUT2D eigenvalue weighted by Crippen LogP contribution is -2.27. The first kappa shape index (κ1) is 22.2. The van der Waals surface area contributed by atoms with Gasteiger partial charge >= 0.3 is 0 Å². The van der Waals surface area contributed by atoms with E-state index in [9.17, 15) is 9.59 Å². The lowest BCUT2D eigenvalue weighted by molar-refractivity contribution is -0.130. The normalized spacial score (nSPS) is 13.8. The van der Waals surface area contributed by atoms with Gasteiger partial charge in [-0.3, -0.25) is 14.2 Å². The molecule has 1 saturated heterocycles. The average Bonchev–Trinajstić information content (AvgIpc) is 3.30. The SMILES string of the molecule is O=C(CCCCSc1nc2ccccc2c(=O)n1-c1ccc(Cl)cc1Cl)N1CCCC1. The number of aromatic nitrogens is 2. The Kier molecular flexibility index (Phi) is 7.20. The van der Waals surface area contributed by atoms with Gasteiger partial charge < -0.3 is 4.90 Å². The largest absolute Gasteiger partial charge is 0.343 e. The lowest BCUT2D eigenvalue weighted by Gasteiger charge is -2.15. The zero-order valence-corrected chi connectivity index (χ0v) is 19.3. The molecule has 0 aliphatic carbocycles. The molecule has 0 spiro atoms. The number of halogens is 2. The van der Waals surface area contributed by atoms with Crippen LogP contribution in [0.25, 0.3) is 16.6 Å². The van der Waals surface area contributed by atoms with E-state index >= 15 is 0 Å². The summed E-state index contributed by atoms with van der Waals surface area (Å²) in [6, 6.07) is 12.4. The van der Waals surface area contributed by atoms with E-state index in [0.717, 1.165) is 44.5 Å². The van der Waals surface area contributed by atoms with Gasteiger partial charge in [0.25, 0.3) is 5.56 Å². The van der Waals surface area contributed by atoms with Crippen molar-refractivity contribution in [2.24, 2.45) is 0 Å². The van der Waals surface area contributed by atoms with Gasteiger partial charge in [0.1, 0.15) is 0 Å². The number of hydrogen-bond donors (Lipinski definition) is 0. The van der Waals surface area contributed by atoms with Gasteiger partial charge in [0, 0.05) is 30.3 Å². The molecule has 31 heavy (non-hydrogen) atoms. The number of fused-ring (bicyclic) bond motifs is 1.